The molecule has 1 aromatic heterocycles. The molecule has 0 spiro atoms. The molecular formula is C18H22N4O3S. The average molecular weight is 374 g/mol. The fraction of sp³-hybridized carbons (Fsp3) is 0.444. The Morgan fingerprint density at radius 3 is 2.69 bits per heavy atom. The maximum atomic E-state index is 13.0. The molecule has 0 radical (unpaired) electrons. The van der Waals surface area contributed by atoms with Gasteiger partial charge in [-0.15, -0.1) is 0 Å². The minimum Gasteiger partial charge on any atom is -0.354 e. The lowest BCUT2D eigenvalue weighted by Gasteiger charge is -2.33. The molecule has 2 heterocycles. The quantitative estimate of drug-likeness (QED) is 0.859. The number of imidazole rings is 1. The number of carbonyl (C=O) groups excluding carboxylic acids is 1. The Kier molecular flexibility index (Phi) is 4.32. The molecule has 2 aromatic rings. The maximum absolute atomic E-state index is 13.0. The minimum absolute atomic E-state index is 0.107. The summed E-state index contributed by atoms with van der Waals surface area (Å²) in [6.07, 6.45) is 5.52. The van der Waals surface area contributed by atoms with Crippen molar-refractivity contribution in [3.63, 3.8) is 0 Å². The standard InChI is InChI=1S/C18H22N4O3S/c1-13-2-6-16(7-3-13)26(24,25)21-10-15-9-19-12-22(15)17(11-21)18(23)20-8-14-4-5-14/h2-3,6-7,9,12,14,17H,4-5,8,10-11H2,1H3,(H,20,23). The Morgan fingerprint density at radius 1 is 1.27 bits per heavy atom. The summed E-state index contributed by atoms with van der Waals surface area (Å²) in [5.74, 6) is 0.414. The molecule has 1 saturated carbocycles. The summed E-state index contributed by atoms with van der Waals surface area (Å²) in [4.78, 5) is 17.0. The van der Waals surface area contributed by atoms with Crippen LogP contribution < -0.4 is 5.32 Å². The van der Waals surface area contributed by atoms with Crippen LogP contribution in [0.5, 0.6) is 0 Å². The van der Waals surface area contributed by atoms with E-state index in [0.717, 1.165) is 24.1 Å². The number of nitrogens with one attached hydrogen (secondary N) is 1. The SMILES string of the molecule is Cc1ccc(S(=O)(=O)N2Cc3cncn3C(C(=O)NCC3CC3)C2)cc1. The van der Waals surface area contributed by atoms with Gasteiger partial charge in [-0.05, 0) is 37.8 Å². The van der Waals surface area contributed by atoms with E-state index in [1.165, 1.54) is 4.31 Å². The number of amides is 1. The highest BCUT2D eigenvalue weighted by molar-refractivity contribution is 7.89. The number of nitrogens with zero attached hydrogens (tertiary/aromatic N) is 3. The molecule has 1 fully saturated rings. The minimum atomic E-state index is -3.67. The summed E-state index contributed by atoms with van der Waals surface area (Å²) in [6.45, 7) is 2.89. The average Bonchev–Trinajstić information content (AvgIpc) is 3.34. The molecule has 1 aromatic carbocycles. The highest BCUT2D eigenvalue weighted by atomic mass is 32.2. The monoisotopic (exact) mass is 374 g/mol. The Labute approximate surface area is 153 Å². The molecule has 2 aliphatic rings. The molecule has 0 bridgehead atoms. The van der Waals surface area contributed by atoms with Crippen LogP contribution in [0.4, 0.5) is 0 Å². The Bertz CT molecular complexity index is 916. The predicted molar refractivity (Wildman–Crippen MR) is 95.8 cm³/mol. The van der Waals surface area contributed by atoms with Crippen molar-refractivity contribution in [2.45, 2.75) is 37.2 Å². The fourth-order valence-corrected chi connectivity index (χ4v) is 4.62. The maximum Gasteiger partial charge on any atom is 0.244 e. The molecule has 0 saturated heterocycles. The van der Waals surface area contributed by atoms with E-state index in [1.807, 2.05) is 6.92 Å². The van der Waals surface area contributed by atoms with Crippen molar-refractivity contribution in [1.29, 1.82) is 0 Å². The molecule has 26 heavy (non-hydrogen) atoms. The van der Waals surface area contributed by atoms with Crippen molar-refractivity contribution in [2.24, 2.45) is 5.92 Å². The van der Waals surface area contributed by atoms with Crippen LogP contribution >= 0.6 is 0 Å². The van der Waals surface area contributed by atoms with Crippen LogP contribution in [0.25, 0.3) is 0 Å². The van der Waals surface area contributed by atoms with Gasteiger partial charge < -0.3 is 9.88 Å². The normalized spacial score (nSPS) is 20.6. The molecular weight excluding hydrogens is 352 g/mol. The van der Waals surface area contributed by atoms with Crippen molar-refractivity contribution < 1.29 is 13.2 Å². The van der Waals surface area contributed by atoms with Crippen LogP contribution in [-0.2, 0) is 21.4 Å². The van der Waals surface area contributed by atoms with Crippen LogP contribution in [0.1, 0.15) is 30.1 Å². The van der Waals surface area contributed by atoms with Gasteiger partial charge in [-0.3, -0.25) is 4.79 Å². The molecule has 138 valence electrons. The number of benzene rings is 1. The van der Waals surface area contributed by atoms with E-state index in [1.54, 1.807) is 41.4 Å². The van der Waals surface area contributed by atoms with Gasteiger partial charge in [0, 0.05) is 19.3 Å². The number of hydrogen-bond donors (Lipinski definition) is 1. The molecule has 4 rings (SSSR count). The number of aromatic nitrogens is 2. The first-order valence-electron chi connectivity index (χ1n) is 8.80. The molecule has 1 unspecified atom stereocenters. The summed E-state index contributed by atoms with van der Waals surface area (Å²) >= 11 is 0. The van der Waals surface area contributed by atoms with Crippen molar-refractivity contribution in [1.82, 2.24) is 19.2 Å². The highest BCUT2D eigenvalue weighted by Crippen LogP contribution is 2.29. The van der Waals surface area contributed by atoms with Crippen LogP contribution in [0.15, 0.2) is 41.7 Å². The van der Waals surface area contributed by atoms with E-state index >= 15 is 0 Å². The summed E-state index contributed by atoms with van der Waals surface area (Å²) in [5, 5.41) is 2.96. The molecule has 1 atom stereocenters. The van der Waals surface area contributed by atoms with Crippen molar-refractivity contribution in [3.8, 4) is 0 Å². The molecule has 1 N–H and O–H groups in total. The number of sulfonamides is 1. The lowest BCUT2D eigenvalue weighted by molar-refractivity contribution is -0.125. The van der Waals surface area contributed by atoms with Crippen LogP contribution in [-0.4, -0.2) is 41.3 Å². The van der Waals surface area contributed by atoms with E-state index in [4.69, 9.17) is 0 Å². The van der Waals surface area contributed by atoms with Crippen molar-refractivity contribution in [2.75, 3.05) is 13.1 Å². The number of rotatable bonds is 5. The zero-order valence-corrected chi connectivity index (χ0v) is 15.4. The molecule has 1 aliphatic carbocycles. The number of aryl methyl sites for hydroxylation is 1. The van der Waals surface area contributed by atoms with Gasteiger partial charge in [-0.1, -0.05) is 17.7 Å². The highest BCUT2D eigenvalue weighted by Gasteiger charge is 2.37. The van der Waals surface area contributed by atoms with Gasteiger partial charge in [-0.25, -0.2) is 13.4 Å². The first-order chi connectivity index (χ1) is 12.4. The fourth-order valence-electron chi connectivity index (χ4n) is 3.20. The Hall–Kier alpha value is -2.19. The zero-order valence-electron chi connectivity index (χ0n) is 14.6. The lowest BCUT2D eigenvalue weighted by Crippen LogP contribution is -2.46. The number of fused-ring (bicyclic) bond motifs is 1. The first kappa shape index (κ1) is 17.2. The van der Waals surface area contributed by atoms with Gasteiger partial charge in [0.05, 0.1) is 23.5 Å². The van der Waals surface area contributed by atoms with Gasteiger partial charge in [0.1, 0.15) is 6.04 Å². The summed E-state index contributed by atoms with van der Waals surface area (Å²) in [5.41, 5.74) is 1.72. The summed E-state index contributed by atoms with van der Waals surface area (Å²) < 4.78 is 29.2. The van der Waals surface area contributed by atoms with Gasteiger partial charge in [0.15, 0.2) is 0 Å². The van der Waals surface area contributed by atoms with E-state index in [9.17, 15) is 13.2 Å². The smallest absolute Gasteiger partial charge is 0.244 e. The summed E-state index contributed by atoms with van der Waals surface area (Å²) in [6, 6.07) is 6.18. The third kappa shape index (κ3) is 3.26. The second-order valence-corrected chi connectivity index (χ2v) is 9.05. The van der Waals surface area contributed by atoms with E-state index in [2.05, 4.69) is 10.3 Å². The first-order valence-corrected chi connectivity index (χ1v) is 10.2. The van der Waals surface area contributed by atoms with Gasteiger partial charge in [-0.2, -0.15) is 4.31 Å². The predicted octanol–water partition coefficient (Wildman–Crippen LogP) is 1.46. The molecule has 1 amide bonds. The number of carbonyl (C=O) groups is 1. The number of hydrogen-bond acceptors (Lipinski definition) is 4. The Balaban J connectivity index is 1.60. The van der Waals surface area contributed by atoms with Gasteiger partial charge in [0.2, 0.25) is 15.9 Å². The third-order valence-corrected chi connectivity index (χ3v) is 6.85. The van der Waals surface area contributed by atoms with E-state index < -0.39 is 16.1 Å². The molecule has 1 aliphatic heterocycles. The topological polar surface area (TPSA) is 84.3 Å². The second kappa shape index (κ2) is 6.51. The lowest BCUT2D eigenvalue weighted by atomic mass is 10.2. The molecule has 8 heteroatoms. The van der Waals surface area contributed by atoms with Crippen LogP contribution in [0.3, 0.4) is 0 Å². The van der Waals surface area contributed by atoms with Gasteiger partial charge >= 0.3 is 0 Å². The van der Waals surface area contributed by atoms with Crippen LogP contribution in [0, 0.1) is 12.8 Å². The van der Waals surface area contributed by atoms with E-state index in [-0.39, 0.29) is 23.9 Å². The van der Waals surface area contributed by atoms with E-state index in [0.29, 0.717) is 12.5 Å². The van der Waals surface area contributed by atoms with Crippen molar-refractivity contribution in [3.05, 3.63) is 48.0 Å². The third-order valence-electron chi connectivity index (χ3n) is 5.02. The Morgan fingerprint density at radius 2 is 2.00 bits per heavy atom. The molecule has 7 nitrogen and oxygen atoms in total. The second-order valence-electron chi connectivity index (χ2n) is 7.11. The van der Waals surface area contributed by atoms with Crippen LogP contribution in [0.2, 0.25) is 0 Å². The summed E-state index contributed by atoms with van der Waals surface area (Å²) in [7, 11) is -3.67. The van der Waals surface area contributed by atoms with Crippen molar-refractivity contribution >= 4 is 15.9 Å². The largest absolute Gasteiger partial charge is 0.354 e. The zero-order chi connectivity index (χ0) is 18.3. The van der Waals surface area contributed by atoms with Gasteiger partial charge in [0.25, 0.3) is 0 Å².